The normalized spacial score (nSPS) is 17.7. The van der Waals surface area contributed by atoms with E-state index in [0.29, 0.717) is 6.54 Å². The van der Waals surface area contributed by atoms with Crippen LogP contribution >= 0.6 is 11.8 Å². The third-order valence-corrected chi connectivity index (χ3v) is 6.95. The van der Waals surface area contributed by atoms with E-state index >= 15 is 0 Å². The third kappa shape index (κ3) is 5.93. The highest BCUT2D eigenvalue weighted by Gasteiger charge is 2.19. The van der Waals surface area contributed by atoms with Crippen molar-refractivity contribution in [1.82, 2.24) is 10.2 Å². The Morgan fingerprint density at radius 2 is 1.90 bits per heavy atom. The van der Waals surface area contributed by atoms with E-state index < -0.39 is 6.10 Å². The lowest BCUT2D eigenvalue weighted by Crippen LogP contribution is -2.43. The largest absolute Gasteiger partial charge is 0.390 e. The molecule has 31 heavy (non-hydrogen) atoms. The van der Waals surface area contributed by atoms with E-state index in [1.807, 2.05) is 24.8 Å². The van der Waals surface area contributed by atoms with Crippen LogP contribution in [0, 0.1) is 6.92 Å². The molecule has 166 valence electrons. The molecule has 2 aromatic carbocycles. The topological polar surface area (TPSA) is 67.8 Å². The Hall–Kier alpha value is -2.22. The zero-order valence-corrected chi connectivity index (χ0v) is 19.0. The number of nitrogens with zero attached hydrogens (tertiary/aromatic N) is 2. The molecule has 2 aromatic rings. The highest BCUT2D eigenvalue weighted by atomic mass is 32.2. The standard InChI is InChI=1S/C24H32N4O2S/c1-18-14-21(28-10-12-31-13-11-28)6-7-23(18)26-24(30)25-15-22(29)17-27-9-8-19-4-2-3-5-20(19)16-27/h2-7,14,22,29H,8-13,15-17H2,1H3,(H2,25,26,30). The van der Waals surface area contributed by atoms with Gasteiger partial charge < -0.3 is 20.6 Å². The minimum Gasteiger partial charge on any atom is -0.390 e. The van der Waals surface area contributed by atoms with Crippen LogP contribution in [0.25, 0.3) is 0 Å². The van der Waals surface area contributed by atoms with Crippen molar-refractivity contribution in [2.45, 2.75) is 26.0 Å². The molecule has 2 amide bonds. The number of urea groups is 1. The maximum Gasteiger partial charge on any atom is 0.319 e. The predicted molar refractivity (Wildman–Crippen MR) is 129 cm³/mol. The molecule has 3 N–H and O–H groups in total. The van der Waals surface area contributed by atoms with Gasteiger partial charge in [-0.3, -0.25) is 4.90 Å². The van der Waals surface area contributed by atoms with Crippen molar-refractivity contribution in [1.29, 1.82) is 0 Å². The first-order valence-electron chi connectivity index (χ1n) is 11.0. The third-order valence-electron chi connectivity index (χ3n) is 6.01. The van der Waals surface area contributed by atoms with Crippen molar-refractivity contribution in [3.63, 3.8) is 0 Å². The molecule has 0 aliphatic carbocycles. The summed E-state index contributed by atoms with van der Waals surface area (Å²) in [5.74, 6) is 2.32. The van der Waals surface area contributed by atoms with Crippen LogP contribution in [0.3, 0.4) is 0 Å². The molecule has 0 aromatic heterocycles. The van der Waals surface area contributed by atoms with E-state index in [2.05, 4.69) is 56.8 Å². The van der Waals surface area contributed by atoms with Crippen molar-refractivity contribution in [2.24, 2.45) is 0 Å². The first-order chi connectivity index (χ1) is 15.1. The number of thioether (sulfide) groups is 1. The smallest absolute Gasteiger partial charge is 0.319 e. The Kier molecular flexibility index (Phi) is 7.37. The monoisotopic (exact) mass is 440 g/mol. The number of anilines is 2. The molecule has 2 aliphatic heterocycles. The van der Waals surface area contributed by atoms with Crippen molar-refractivity contribution in [3.05, 3.63) is 59.2 Å². The molecule has 6 nitrogen and oxygen atoms in total. The number of nitrogens with one attached hydrogen (secondary N) is 2. The number of β-amino-alcohol motifs (C(OH)–C–C–N with tert-alkyl or cyclic N) is 1. The number of carbonyl (C=O) groups excluding carboxylic acids is 1. The lowest BCUT2D eigenvalue weighted by atomic mass is 10.00. The fourth-order valence-corrected chi connectivity index (χ4v) is 5.16. The number of benzene rings is 2. The van der Waals surface area contributed by atoms with Crippen LogP contribution in [0.5, 0.6) is 0 Å². The number of amides is 2. The van der Waals surface area contributed by atoms with Gasteiger partial charge in [0.1, 0.15) is 0 Å². The summed E-state index contributed by atoms with van der Waals surface area (Å²) in [6.07, 6.45) is 0.402. The summed E-state index contributed by atoms with van der Waals surface area (Å²) < 4.78 is 0. The molecule has 7 heteroatoms. The van der Waals surface area contributed by atoms with Gasteiger partial charge in [0.05, 0.1) is 6.10 Å². The zero-order valence-electron chi connectivity index (χ0n) is 18.1. The Balaban J connectivity index is 1.23. The maximum atomic E-state index is 12.4. The molecule has 1 unspecified atom stereocenters. The van der Waals surface area contributed by atoms with E-state index in [9.17, 15) is 9.90 Å². The van der Waals surface area contributed by atoms with Crippen LogP contribution in [0.2, 0.25) is 0 Å². The number of hydrogen-bond acceptors (Lipinski definition) is 5. The summed E-state index contributed by atoms with van der Waals surface area (Å²) >= 11 is 1.99. The van der Waals surface area contributed by atoms with Gasteiger partial charge in [0.2, 0.25) is 0 Å². The van der Waals surface area contributed by atoms with Crippen molar-refractivity contribution < 1.29 is 9.90 Å². The number of aliphatic hydroxyl groups is 1. The molecular weight excluding hydrogens is 408 g/mol. The molecule has 1 atom stereocenters. The average Bonchev–Trinajstić information content (AvgIpc) is 2.79. The number of aryl methyl sites for hydroxylation is 1. The first-order valence-corrected chi connectivity index (χ1v) is 12.2. The van der Waals surface area contributed by atoms with E-state index in [0.717, 1.165) is 55.4 Å². The van der Waals surface area contributed by atoms with Crippen LogP contribution < -0.4 is 15.5 Å². The molecule has 1 fully saturated rings. The number of carbonyl (C=O) groups is 1. The number of hydrogen-bond donors (Lipinski definition) is 3. The van der Waals surface area contributed by atoms with Crippen LogP contribution in [-0.2, 0) is 13.0 Å². The van der Waals surface area contributed by atoms with E-state index in [4.69, 9.17) is 0 Å². The average molecular weight is 441 g/mol. The second-order valence-electron chi connectivity index (χ2n) is 8.34. The van der Waals surface area contributed by atoms with Crippen molar-refractivity contribution in [3.8, 4) is 0 Å². The molecule has 1 saturated heterocycles. The second-order valence-corrected chi connectivity index (χ2v) is 9.57. The van der Waals surface area contributed by atoms with Gasteiger partial charge in [-0.15, -0.1) is 0 Å². The SMILES string of the molecule is Cc1cc(N2CCSCC2)ccc1NC(=O)NCC(O)CN1CCc2ccccc2C1. The van der Waals surface area contributed by atoms with Crippen LogP contribution in [0.4, 0.5) is 16.2 Å². The molecule has 0 saturated carbocycles. The van der Waals surface area contributed by atoms with Gasteiger partial charge in [0.25, 0.3) is 0 Å². The molecule has 0 radical (unpaired) electrons. The second kappa shape index (κ2) is 10.4. The van der Waals surface area contributed by atoms with Crippen molar-refractivity contribution >= 4 is 29.2 Å². The summed E-state index contributed by atoms with van der Waals surface area (Å²) in [6.45, 7) is 6.71. The van der Waals surface area contributed by atoms with Gasteiger partial charge in [-0.2, -0.15) is 11.8 Å². The van der Waals surface area contributed by atoms with Crippen LogP contribution in [-0.4, -0.2) is 66.4 Å². The Labute approximate surface area is 189 Å². The summed E-state index contributed by atoms with van der Waals surface area (Å²) in [6, 6.07) is 14.4. The molecule has 2 aliphatic rings. The fraction of sp³-hybridized carbons (Fsp3) is 0.458. The quantitative estimate of drug-likeness (QED) is 0.644. The number of aliphatic hydroxyl groups excluding tert-OH is 1. The summed E-state index contributed by atoms with van der Waals surface area (Å²) in [4.78, 5) is 17.0. The molecule has 2 heterocycles. The molecular formula is C24H32N4O2S. The zero-order chi connectivity index (χ0) is 21.6. The van der Waals surface area contributed by atoms with E-state index in [1.54, 1.807) is 0 Å². The molecule has 0 spiro atoms. The Morgan fingerprint density at radius 3 is 2.68 bits per heavy atom. The Morgan fingerprint density at radius 1 is 1.13 bits per heavy atom. The minimum absolute atomic E-state index is 0.229. The van der Waals surface area contributed by atoms with Gasteiger partial charge in [0.15, 0.2) is 0 Å². The predicted octanol–water partition coefficient (Wildman–Crippen LogP) is 3.09. The van der Waals surface area contributed by atoms with Gasteiger partial charge >= 0.3 is 6.03 Å². The van der Waals surface area contributed by atoms with Gasteiger partial charge in [-0.25, -0.2) is 4.79 Å². The highest BCUT2D eigenvalue weighted by Crippen LogP contribution is 2.25. The van der Waals surface area contributed by atoms with Gasteiger partial charge in [0, 0.05) is 62.1 Å². The van der Waals surface area contributed by atoms with Crippen LogP contribution in [0.15, 0.2) is 42.5 Å². The first kappa shape index (κ1) is 22.0. The van der Waals surface area contributed by atoms with Gasteiger partial charge in [-0.05, 0) is 48.2 Å². The Bertz CT molecular complexity index is 901. The number of rotatable bonds is 6. The summed E-state index contributed by atoms with van der Waals surface area (Å²) in [5, 5.41) is 16.1. The fourth-order valence-electron chi connectivity index (χ4n) is 4.26. The van der Waals surface area contributed by atoms with Gasteiger partial charge in [-0.1, -0.05) is 24.3 Å². The van der Waals surface area contributed by atoms with E-state index in [-0.39, 0.29) is 12.6 Å². The van der Waals surface area contributed by atoms with Crippen LogP contribution in [0.1, 0.15) is 16.7 Å². The molecule has 4 rings (SSSR count). The minimum atomic E-state index is -0.601. The maximum absolute atomic E-state index is 12.4. The summed E-state index contributed by atoms with van der Waals surface area (Å²) in [5.41, 5.74) is 5.77. The lowest BCUT2D eigenvalue weighted by Gasteiger charge is -2.30. The lowest BCUT2D eigenvalue weighted by molar-refractivity contribution is 0.106. The highest BCUT2D eigenvalue weighted by molar-refractivity contribution is 7.99. The van der Waals surface area contributed by atoms with Crippen molar-refractivity contribution in [2.75, 3.05) is 54.4 Å². The molecule has 0 bridgehead atoms. The number of fused-ring (bicyclic) bond motifs is 1. The van der Waals surface area contributed by atoms with E-state index in [1.165, 1.54) is 16.8 Å². The summed E-state index contributed by atoms with van der Waals surface area (Å²) in [7, 11) is 0.